The summed E-state index contributed by atoms with van der Waals surface area (Å²) >= 11 is 0. The van der Waals surface area contributed by atoms with Crippen LogP contribution in [-0.2, 0) is 16.0 Å². The Hall–Kier alpha value is -1.71. The van der Waals surface area contributed by atoms with Crippen molar-refractivity contribution in [3.05, 3.63) is 30.1 Å². The van der Waals surface area contributed by atoms with E-state index in [2.05, 4.69) is 10.3 Å². The van der Waals surface area contributed by atoms with E-state index < -0.39 is 6.04 Å². The SMILES string of the molecule is CC(=O)NC(C=O)Cc1cccnc1. The van der Waals surface area contributed by atoms with Crippen molar-refractivity contribution in [2.24, 2.45) is 0 Å². The molecule has 0 spiro atoms. The minimum absolute atomic E-state index is 0.203. The van der Waals surface area contributed by atoms with E-state index in [1.54, 1.807) is 18.5 Å². The number of pyridine rings is 1. The van der Waals surface area contributed by atoms with Crippen LogP contribution in [0.1, 0.15) is 12.5 Å². The molecule has 1 amide bonds. The Labute approximate surface area is 82.3 Å². The molecule has 1 rings (SSSR count). The van der Waals surface area contributed by atoms with Crippen molar-refractivity contribution < 1.29 is 9.59 Å². The zero-order valence-corrected chi connectivity index (χ0v) is 7.93. The van der Waals surface area contributed by atoms with Crippen LogP contribution in [-0.4, -0.2) is 23.2 Å². The van der Waals surface area contributed by atoms with Crippen molar-refractivity contribution in [3.63, 3.8) is 0 Å². The minimum Gasteiger partial charge on any atom is -0.346 e. The Bertz CT molecular complexity index is 311. The normalized spacial score (nSPS) is 11.8. The number of carbonyl (C=O) groups excluding carboxylic acids is 2. The third-order valence-corrected chi connectivity index (χ3v) is 1.73. The van der Waals surface area contributed by atoms with Gasteiger partial charge in [0.15, 0.2) is 0 Å². The van der Waals surface area contributed by atoms with Gasteiger partial charge in [-0.25, -0.2) is 0 Å². The van der Waals surface area contributed by atoms with Crippen LogP contribution in [0.25, 0.3) is 0 Å². The monoisotopic (exact) mass is 192 g/mol. The van der Waals surface area contributed by atoms with Crippen molar-refractivity contribution in [2.45, 2.75) is 19.4 Å². The highest BCUT2D eigenvalue weighted by molar-refractivity contribution is 5.77. The lowest BCUT2D eigenvalue weighted by Gasteiger charge is -2.10. The van der Waals surface area contributed by atoms with Crippen LogP contribution in [0.15, 0.2) is 24.5 Å². The number of rotatable bonds is 4. The fraction of sp³-hybridized carbons (Fsp3) is 0.300. The van der Waals surface area contributed by atoms with Crippen LogP contribution >= 0.6 is 0 Å². The van der Waals surface area contributed by atoms with Gasteiger partial charge < -0.3 is 10.1 Å². The first-order valence-corrected chi connectivity index (χ1v) is 4.33. The number of nitrogens with one attached hydrogen (secondary N) is 1. The van der Waals surface area contributed by atoms with E-state index in [4.69, 9.17) is 0 Å². The minimum atomic E-state index is -0.461. The number of amides is 1. The van der Waals surface area contributed by atoms with Gasteiger partial charge in [0, 0.05) is 25.7 Å². The van der Waals surface area contributed by atoms with Gasteiger partial charge in [-0.1, -0.05) is 6.07 Å². The standard InChI is InChI=1S/C10H12N2O2/c1-8(14)12-10(7-13)5-9-3-2-4-11-6-9/h2-4,6-7,10H,5H2,1H3,(H,12,14). The van der Waals surface area contributed by atoms with Gasteiger partial charge in [-0.15, -0.1) is 0 Å². The molecule has 1 heterocycles. The number of aromatic nitrogens is 1. The molecule has 4 heteroatoms. The number of aldehydes is 1. The van der Waals surface area contributed by atoms with E-state index in [1.807, 2.05) is 6.07 Å². The molecule has 14 heavy (non-hydrogen) atoms. The lowest BCUT2D eigenvalue weighted by atomic mass is 10.1. The molecular formula is C10H12N2O2. The molecule has 1 aromatic heterocycles. The molecule has 0 saturated heterocycles. The van der Waals surface area contributed by atoms with Gasteiger partial charge in [0.1, 0.15) is 6.29 Å². The second-order valence-electron chi connectivity index (χ2n) is 3.01. The van der Waals surface area contributed by atoms with Crippen molar-refractivity contribution in [2.75, 3.05) is 0 Å². The number of hydrogen-bond donors (Lipinski definition) is 1. The zero-order chi connectivity index (χ0) is 10.4. The molecule has 0 aliphatic carbocycles. The van der Waals surface area contributed by atoms with Crippen LogP contribution in [0.2, 0.25) is 0 Å². The van der Waals surface area contributed by atoms with Gasteiger partial charge in [0.2, 0.25) is 5.91 Å². The van der Waals surface area contributed by atoms with Crippen molar-refractivity contribution in [1.82, 2.24) is 10.3 Å². The molecule has 0 saturated carbocycles. The van der Waals surface area contributed by atoms with E-state index in [1.165, 1.54) is 6.92 Å². The molecule has 0 aliphatic rings. The Morgan fingerprint density at radius 2 is 2.50 bits per heavy atom. The largest absolute Gasteiger partial charge is 0.346 e. The van der Waals surface area contributed by atoms with Gasteiger partial charge in [-0.05, 0) is 11.6 Å². The number of hydrogen-bond acceptors (Lipinski definition) is 3. The van der Waals surface area contributed by atoms with E-state index in [0.29, 0.717) is 6.42 Å². The molecule has 0 bridgehead atoms. The summed E-state index contributed by atoms with van der Waals surface area (Å²) in [7, 11) is 0. The highest BCUT2D eigenvalue weighted by Crippen LogP contribution is 1.99. The molecular weight excluding hydrogens is 180 g/mol. The van der Waals surface area contributed by atoms with Crippen LogP contribution in [0.3, 0.4) is 0 Å². The molecule has 1 N–H and O–H groups in total. The third-order valence-electron chi connectivity index (χ3n) is 1.73. The van der Waals surface area contributed by atoms with Gasteiger partial charge in [-0.2, -0.15) is 0 Å². The number of carbonyl (C=O) groups is 2. The number of nitrogens with zero attached hydrogens (tertiary/aromatic N) is 1. The Morgan fingerprint density at radius 3 is 3.00 bits per heavy atom. The molecule has 0 aromatic carbocycles. The first-order chi connectivity index (χ1) is 6.72. The van der Waals surface area contributed by atoms with E-state index in [9.17, 15) is 9.59 Å². The van der Waals surface area contributed by atoms with Crippen LogP contribution in [0.5, 0.6) is 0 Å². The van der Waals surface area contributed by atoms with Crippen LogP contribution in [0, 0.1) is 0 Å². The topological polar surface area (TPSA) is 59.1 Å². The van der Waals surface area contributed by atoms with E-state index in [0.717, 1.165) is 11.8 Å². The van der Waals surface area contributed by atoms with Crippen molar-refractivity contribution in [1.29, 1.82) is 0 Å². The molecule has 4 nitrogen and oxygen atoms in total. The average molecular weight is 192 g/mol. The predicted molar refractivity (Wildman–Crippen MR) is 51.6 cm³/mol. The van der Waals surface area contributed by atoms with Crippen molar-refractivity contribution >= 4 is 12.2 Å². The maximum Gasteiger partial charge on any atom is 0.217 e. The Balaban J connectivity index is 2.57. The Kier molecular flexibility index (Phi) is 3.79. The molecule has 1 aromatic rings. The third kappa shape index (κ3) is 3.35. The lowest BCUT2D eigenvalue weighted by molar-refractivity contribution is -0.122. The van der Waals surface area contributed by atoms with Crippen molar-refractivity contribution in [3.8, 4) is 0 Å². The highest BCUT2D eigenvalue weighted by atomic mass is 16.2. The fourth-order valence-electron chi connectivity index (χ4n) is 1.17. The molecule has 0 fully saturated rings. The maximum absolute atomic E-state index is 10.7. The summed E-state index contributed by atoms with van der Waals surface area (Å²) in [6, 6.07) is 3.20. The van der Waals surface area contributed by atoms with Gasteiger partial charge in [0.05, 0.1) is 6.04 Å². The molecule has 74 valence electrons. The van der Waals surface area contributed by atoms with Gasteiger partial charge in [-0.3, -0.25) is 9.78 Å². The smallest absolute Gasteiger partial charge is 0.217 e. The lowest BCUT2D eigenvalue weighted by Crippen LogP contribution is -2.35. The van der Waals surface area contributed by atoms with E-state index >= 15 is 0 Å². The first kappa shape index (κ1) is 10.4. The summed E-state index contributed by atoms with van der Waals surface area (Å²) in [6.07, 6.45) is 4.56. The second-order valence-corrected chi connectivity index (χ2v) is 3.01. The summed E-state index contributed by atoms with van der Waals surface area (Å²) in [6.45, 7) is 1.39. The summed E-state index contributed by atoms with van der Waals surface area (Å²) in [5.74, 6) is -0.203. The molecule has 1 unspecified atom stereocenters. The van der Waals surface area contributed by atoms with Gasteiger partial charge in [0.25, 0.3) is 0 Å². The second kappa shape index (κ2) is 5.11. The quantitative estimate of drug-likeness (QED) is 0.699. The Morgan fingerprint density at radius 1 is 1.71 bits per heavy atom. The van der Waals surface area contributed by atoms with Crippen LogP contribution in [0.4, 0.5) is 0 Å². The molecule has 0 aliphatic heterocycles. The van der Waals surface area contributed by atoms with Gasteiger partial charge >= 0.3 is 0 Å². The summed E-state index contributed by atoms with van der Waals surface area (Å²) in [5.41, 5.74) is 0.929. The zero-order valence-electron chi connectivity index (χ0n) is 7.93. The summed E-state index contributed by atoms with van der Waals surface area (Å²) in [4.78, 5) is 25.2. The maximum atomic E-state index is 10.7. The molecule has 0 radical (unpaired) electrons. The molecule has 1 atom stereocenters. The first-order valence-electron chi connectivity index (χ1n) is 4.33. The summed E-state index contributed by atoms with van der Waals surface area (Å²) < 4.78 is 0. The fourth-order valence-corrected chi connectivity index (χ4v) is 1.17. The predicted octanol–water partition coefficient (Wildman–Crippen LogP) is 0.328. The highest BCUT2D eigenvalue weighted by Gasteiger charge is 2.08. The summed E-state index contributed by atoms with van der Waals surface area (Å²) in [5, 5.41) is 2.54. The average Bonchev–Trinajstić information content (AvgIpc) is 2.17. The van der Waals surface area contributed by atoms with Crippen LogP contribution < -0.4 is 5.32 Å². The van der Waals surface area contributed by atoms with E-state index in [-0.39, 0.29) is 5.91 Å².